The predicted octanol–water partition coefficient (Wildman–Crippen LogP) is 0.859. The van der Waals surface area contributed by atoms with Gasteiger partial charge in [-0.2, -0.15) is 15.3 Å². The molecule has 3 heterocycles. The molecule has 0 amide bonds. The minimum absolute atomic E-state index is 0.208. The molecule has 4 rings (SSSR count). The SMILES string of the molecule is Cn1ncc2c1C(=O)[C@]1(Cl)N=NC[C@H]1[C@@]21CO1. The smallest absolute Gasteiger partial charge is 0.226 e. The maximum atomic E-state index is 12.4. The first-order valence-corrected chi connectivity index (χ1v) is 5.76. The molecular formula is C10H9ClN4O2. The van der Waals surface area contributed by atoms with Crippen molar-refractivity contribution in [3.05, 3.63) is 17.5 Å². The molecule has 0 radical (unpaired) electrons. The van der Waals surface area contributed by atoms with Crippen LogP contribution in [0.2, 0.25) is 0 Å². The molecule has 1 aromatic rings. The number of rotatable bonds is 0. The van der Waals surface area contributed by atoms with E-state index in [1.165, 1.54) is 4.68 Å². The molecule has 3 atom stereocenters. The van der Waals surface area contributed by atoms with E-state index in [9.17, 15) is 4.79 Å². The van der Waals surface area contributed by atoms with E-state index in [0.29, 0.717) is 18.8 Å². The Morgan fingerprint density at radius 3 is 3.12 bits per heavy atom. The fourth-order valence-corrected chi connectivity index (χ4v) is 3.27. The quantitative estimate of drug-likeness (QED) is 0.391. The zero-order valence-corrected chi connectivity index (χ0v) is 9.81. The number of epoxide rings is 1. The molecule has 17 heavy (non-hydrogen) atoms. The molecule has 7 heteroatoms. The minimum atomic E-state index is -1.29. The number of ketones is 1. The van der Waals surface area contributed by atoms with E-state index in [-0.39, 0.29) is 11.7 Å². The average molecular weight is 253 g/mol. The van der Waals surface area contributed by atoms with Gasteiger partial charge >= 0.3 is 0 Å². The molecule has 0 N–H and O–H groups in total. The summed E-state index contributed by atoms with van der Waals surface area (Å²) in [5.41, 5.74) is 0.830. The van der Waals surface area contributed by atoms with Crippen molar-refractivity contribution in [2.24, 2.45) is 23.2 Å². The number of carbonyl (C=O) groups is 1. The van der Waals surface area contributed by atoms with Crippen LogP contribution < -0.4 is 0 Å². The van der Waals surface area contributed by atoms with Crippen molar-refractivity contribution in [2.75, 3.05) is 13.2 Å². The number of aryl methyl sites for hydroxylation is 1. The highest BCUT2D eigenvalue weighted by molar-refractivity contribution is 6.38. The van der Waals surface area contributed by atoms with Gasteiger partial charge in [-0.15, -0.1) is 0 Å². The minimum Gasteiger partial charge on any atom is -0.364 e. The summed E-state index contributed by atoms with van der Waals surface area (Å²) in [4.78, 5) is 11.1. The molecule has 0 unspecified atom stereocenters. The van der Waals surface area contributed by atoms with Crippen molar-refractivity contribution < 1.29 is 9.53 Å². The number of hydrogen-bond donors (Lipinski definition) is 0. The lowest BCUT2D eigenvalue weighted by Crippen LogP contribution is -2.49. The normalized spacial score (nSPS) is 41.8. The van der Waals surface area contributed by atoms with Crippen molar-refractivity contribution in [2.45, 2.75) is 10.6 Å². The van der Waals surface area contributed by atoms with Crippen molar-refractivity contribution in [1.29, 1.82) is 0 Å². The highest BCUT2D eigenvalue weighted by Gasteiger charge is 2.70. The van der Waals surface area contributed by atoms with Gasteiger partial charge < -0.3 is 4.74 Å². The molecule has 3 aliphatic rings. The van der Waals surface area contributed by atoms with Gasteiger partial charge in [-0.1, -0.05) is 11.6 Å². The lowest BCUT2D eigenvalue weighted by atomic mass is 9.74. The zero-order chi connectivity index (χ0) is 11.8. The number of ether oxygens (including phenoxy) is 1. The highest BCUT2D eigenvalue weighted by atomic mass is 35.5. The zero-order valence-electron chi connectivity index (χ0n) is 9.05. The van der Waals surface area contributed by atoms with Gasteiger partial charge in [-0.25, -0.2) is 0 Å². The van der Waals surface area contributed by atoms with Crippen molar-refractivity contribution in [1.82, 2.24) is 9.78 Å². The predicted molar refractivity (Wildman–Crippen MR) is 57.0 cm³/mol. The molecule has 1 fully saturated rings. The summed E-state index contributed by atoms with van der Waals surface area (Å²) in [6.07, 6.45) is 1.69. The fourth-order valence-electron chi connectivity index (χ4n) is 2.88. The van der Waals surface area contributed by atoms with Crippen LogP contribution in [0.1, 0.15) is 16.1 Å². The van der Waals surface area contributed by atoms with Gasteiger partial charge in [0.25, 0.3) is 0 Å². The molecule has 0 aromatic carbocycles. The van der Waals surface area contributed by atoms with Crippen LogP contribution in [0.3, 0.4) is 0 Å². The first-order chi connectivity index (χ1) is 8.09. The van der Waals surface area contributed by atoms with E-state index in [2.05, 4.69) is 15.3 Å². The van der Waals surface area contributed by atoms with Gasteiger partial charge in [-0.05, 0) is 0 Å². The van der Waals surface area contributed by atoms with Crippen LogP contribution in [0.5, 0.6) is 0 Å². The second kappa shape index (κ2) is 2.59. The van der Waals surface area contributed by atoms with Gasteiger partial charge in [0.15, 0.2) is 0 Å². The Balaban J connectivity index is 2.03. The van der Waals surface area contributed by atoms with Crippen molar-refractivity contribution >= 4 is 17.4 Å². The van der Waals surface area contributed by atoms with E-state index in [1.54, 1.807) is 13.2 Å². The molecular weight excluding hydrogens is 244 g/mol. The number of azo groups is 1. The average Bonchev–Trinajstić information content (AvgIpc) is 2.82. The molecule has 6 nitrogen and oxygen atoms in total. The fraction of sp³-hybridized carbons (Fsp3) is 0.600. The Morgan fingerprint density at radius 1 is 1.65 bits per heavy atom. The van der Waals surface area contributed by atoms with E-state index in [1.807, 2.05) is 0 Å². The Bertz CT molecular complexity index is 577. The van der Waals surface area contributed by atoms with E-state index in [0.717, 1.165) is 5.56 Å². The van der Waals surface area contributed by atoms with Crippen molar-refractivity contribution in [3.8, 4) is 0 Å². The Morgan fingerprint density at radius 2 is 2.41 bits per heavy atom. The summed E-state index contributed by atoms with van der Waals surface area (Å²) >= 11 is 6.37. The molecule has 0 saturated carbocycles. The summed E-state index contributed by atoms with van der Waals surface area (Å²) in [6, 6.07) is 0. The molecule has 1 aliphatic carbocycles. The third-order valence-electron chi connectivity index (χ3n) is 3.89. The Hall–Kier alpha value is -1.27. The third kappa shape index (κ3) is 0.892. The summed E-state index contributed by atoms with van der Waals surface area (Å²) in [7, 11) is 1.72. The molecule has 1 saturated heterocycles. The van der Waals surface area contributed by atoms with Gasteiger partial charge in [0.1, 0.15) is 11.3 Å². The summed E-state index contributed by atoms with van der Waals surface area (Å²) in [6.45, 7) is 0.993. The number of alkyl halides is 1. The highest BCUT2D eigenvalue weighted by Crippen LogP contribution is 2.58. The topological polar surface area (TPSA) is 72.1 Å². The number of hydrogen-bond acceptors (Lipinski definition) is 5. The number of nitrogens with zero attached hydrogens (tertiary/aromatic N) is 4. The maximum Gasteiger partial charge on any atom is 0.226 e. The third-order valence-corrected chi connectivity index (χ3v) is 4.40. The van der Waals surface area contributed by atoms with Gasteiger partial charge in [0, 0.05) is 12.6 Å². The first-order valence-electron chi connectivity index (χ1n) is 5.38. The van der Waals surface area contributed by atoms with Crippen LogP contribution in [0.4, 0.5) is 0 Å². The molecule has 88 valence electrons. The Labute approximate surface area is 102 Å². The Kier molecular flexibility index (Phi) is 1.48. The molecule has 2 aliphatic heterocycles. The second-order valence-corrected chi connectivity index (χ2v) is 5.26. The van der Waals surface area contributed by atoms with Crippen molar-refractivity contribution in [3.63, 3.8) is 0 Å². The number of Topliss-reactive ketones (excluding diaryl/α,β-unsaturated/α-hetero) is 1. The van der Waals surface area contributed by atoms with Crippen LogP contribution in [0.25, 0.3) is 0 Å². The standard InChI is InChI=1S/C10H9ClN4O2/c1-15-7-5(2-13-15)9(4-17-9)6-3-12-14-10(6,11)8(7)16/h2,6H,3-4H2,1H3/t6-,9+,10+/m0/s1. The van der Waals surface area contributed by atoms with E-state index < -0.39 is 10.6 Å². The summed E-state index contributed by atoms with van der Waals surface area (Å²) < 4.78 is 7.13. The van der Waals surface area contributed by atoms with Crippen LogP contribution in [-0.4, -0.2) is 33.7 Å². The largest absolute Gasteiger partial charge is 0.364 e. The summed E-state index contributed by atoms with van der Waals surface area (Å²) in [5.74, 6) is -0.428. The van der Waals surface area contributed by atoms with Gasteiger partial charge in [-0.3, -0.25) is 9.48 Å². The number of carbonyl (C=O) groups excluding carboxylic acids is 1. The van der Waals surface area contributed by atoms with Crippen LogP contribution in [-0.2, 0) is 17.4 Å². The number of halogens is 1. The lowest BCUT2D eigenvalue weighted by molar-refractivity contribution is 0.0814. The van der Waals surface area contributed by atoms with E-state index >= 15 is 0 Å². The summed E-state index contributed by atoms with van der Waals surface area (Å²) in [5, 5.41) is 12.0. The van der Waals surface area contributed by atoms with Crippen LogP contribution in [0.15, 0.2) is 16.4 Å². The van der Waals surface area contributed by atoms with Crippen LogP contribution in [0, 0.1) is 5.92 Å². The van der Waals surface area contributed by atoms with Gasteiger partial charge in [0.05, 0.1) is 25.3 Å². The lowest BCUT2D eigenvalue weighted by Gasteiger charge is -2.33. The number of fused-ring (bicyclic) bond motifs is 4. The monoisotopic (exact) mass is 252 g/mol. The maximum absolute atomic E-state index is 12.4. The van der Waals surface area contributed by atoms with Crippen LogP contribution >= 0.6 is 11.6 Å². The van der Waals surface area contributed by atoms with Gasteiger partial charge in [0.2, 0.25) is 10.8 Å². The molecule has 0 bridgehead atoms. The van der Waals surface area contributed by atoms with E-state index in [4.69, 9.17) is 16.3 Å². The second-order valence-electron chi connectivity index (χ2n) is 4.69. The number of aromatic nitrogens is 2. The first kappa shape index (κ1) is 9.73. The molecule has 1 aromatic heterocycles. The molecule has 1 spiro atoms.